The summed E-state index contributed by atoms with van der Waals surface area (Å²) in [4.78, 5) is 0. The Morgan fingerprint density at radius 1 is 1.14 bits per heavy atom. The van der Waals surface area contributed by atoms with Gasteiger partial charge >= 0.3 is 0 Å². The molecule has 2 aliphatic rings. The highest BCUT2D eigenvalue weighted by atomic mass is 16.7. The molecular formula is C18H28O4. The predicted octanol–water partition coefficient (Wildman–Crippen LogP) is 3.60. The molecule has 0 saturated heterocycles. The SMILES string of the molecule is COCOCC1=CCCC2(C)C1=CC/C2=C(/C)COCOC. The van der Waals surface area contributed by atoms with Crippen LogP contribution in [0.25, 0.3) is 0 Å². The quantitative estimate of drug-likeness (QED) is 0.390. The first kappa shape index (κ1) is 17.4. The lowest BCUT2D eigenvalue weighted by atomic mass is 9.69. The summed E-state index contributed by atoms with van der Waals surface area (Å²) in [6, 6.07) is 0. The fourth-order valence-electron chi connectivity index (χ4n) is 3.62. The molecule has 0 heterocycles. The highest BCUT2D eigenvalue weighted by Crippen LogP contribution is 2.53. The van der Waals surface area contributed by atoms with Crippen molar-refractivity contribution in [2.75, 3.05) is 41.0 Å². The van der Waals surface area contributed by atoms with Gasteiger partial charge in [-0.3, -0.25) is 0 Å². The monoisotopic (exact) mass is 308 g/mol. The number of methoxy groups -OCH3 is 2. The molecule has 0 fully saturated rings. The largest absolute Gasteiger partial charge is 0.359 e. The summed E-state index contributed by atoms with van der Waals surface area (Å²) in [5.74, 6) is 0. The van der Waals surface area contributed by atoms with Crippen molar-refractivity contribution >= 4 is 0 Å². The van der Waals surface area contributed by atoms with E-state index in [1.165, 1.54) is 22.3 Å². The van der Waals surface area contributed by atoms with E-state index in [1.54, 1.807) is 14.2 Å². The van der Waals surface area contributed by atoms with E-state index in [-0.39, 0.29) is 5.41 Å². The first-order chi connectivity index (χ1) is 10.6. The van der Waals surface area contributed by atoms with Crippen LogP contribution in [0.4, 0.5) is 0 Å². The van der Waals surface area contributed by atoms with Gasteiger partial charge in [-0.1, -0.05) is 24.6 Å². The van der Waals surface area contributed by atoms with Crippen molar-refractivity contribution in [1.82, 2.24) is 0 Å². The van der Waals surface area contributed by atoms with Gasteiger partial charge in [0.1, 0.15) is 13.6 Å². The molecule has 0 bridgehead atoms. The minimum Gasteiger partial charge on any atom is -0.359 e. The van der Waals surface area contributed by atoms with E-state index in [2.05, 4.69) is 26.0 Å². The Morgan fingerprint density at radius 3 is 2.59 bits per heavy atom. The normalized spacial score (nSPS) is 26.5. The van der Waals surface area contributed by atoms with Crippen molar-refractivity contribution < 1.29 is 18.9 Å². The number of fused-ring (bicyclic) bond motifs is 1. The molecule has 1 unspecified atom stereocenters. The van der Waals surface area contributed by atoms with E-state index in [0.717, 1.165) is 19.3 Å². The van der Waals surface area contributed by atoms with Gasteiger partial charge in [0.05, 0.1) is 13.2 Å². The first-order valence-electron chi connectivity index (χ1n) is 7.86. The summed E-state index contributed by atoms with van der Waals surface area (Å²) >= 11 is 0. The molecule has 0 amide bonds. The van der Waals surface area contributed by atoms with Crippen molar-refractivity contribution in [3.8, 4) is 0 Å². The van der Waals surface area contributed by atoms with Gasteiger partial charge in [-0.25, -0.2) is 0 Å². The topological polar surface area (TPSA) is 36.9 Å². The van der Waals surface area contributed by atoms with Crippen LogP contribution in [0.15, 0.2) is 34.4 Å². The van der Waals surface area contributed by atoms with Gasteiger partial charge in [-0.2, -0.15) is 0 Å². The molecule has 2 rings (SSSR count). The van der Waals surface area contributed by atoms with Crippen LogP contribution in [-0.4, -0.2) is 41.0 Å². The van der Waals surface area contributed by atoms with Crippen molar-refractivity contribution in [2.45, 2.75) is 33.1 Å². The third kappa shape index (κ3) is 3.69. The van der Waals surface area contributed by atoms with Crippen LogP contribution in [0.2, 0.25) is 0 Å². The van der Waals surface area contributed by atoms with Gasteiger partial charge in [-0.05, 0) is 42.9 Å². The zero-order chi connectivity index (χ0) is 16.0. The van der Waals surface area contributed by atoms with Gasteiger partial charge in [0.25, 0.3) is 0 Å². The van der Waals surface area contributed by atoms with Crippen molar-refractivity contribution in [3.63, 3.8) is 0 Å². The molecule has 4 heteroatoms. The van der Waals surface area contributed by atoms with Crippen LogP contribution in [0.3, 0.4) is 0 Å². The molecule has 2 aliphatic carbocycles. The Morgan fingerprint density at radius 2 is 1.86 bits per heavy atom. The van der Waals surface area contributed by atoms with Crippen LogP contribution in [0.5, 0.6) is 0 Å². The fourth-order valence-corrected chi connectivity index (χ4v) is 3.62. The number of hydrogen-bond acceptors (Lipinski definition) is 4. The lowest BCUT2D eigenvalue weighted by Gasteiger charge is -2.36. The Hall–Kier alpha value is -0.940. The highest BCUT2D eigenvalue weighted by Gasteiger charge is 2.40. The van der Waals surface area contributed by atoms with E-state index >= 15 is 0 Å². The summed E-state index contributed by atoms with van der Waals surface area (Å²) in [5, 5.41) is 0. The molecule has 0 aromatic heterocycles. The summed E-state index contributed by atoms with van der Waals surface area (Å²) < 4.78 is 21.0. The van der Waals surface area contributed by atoms with Gasteiger partial charge in [0.2, 0.25) is 0 Å². The van der Waals surface area contributed by atoms with Crippen molar-refractivity contribution in [2.24, 2.45) is 5.41 Å². The van der Waals surface area contributed by atoms with E-state index in [4.69, 9.17) is 18.9 Å². The van der Waals surface area contributed by atoms with Gasteiger partial charge < -0.3 is 18.9 Å². The minimum atomic E-state index is 0.126. The molecule has 22 heavy (non-hydrogen) atoms. The maximum atomic E-state index is 5.56. The van der Waals surface area contributed by atoms with Crippen molar-refractivity contribution in [3.05, 3.63) is 34.4 Å². The maximum absolute atomic E-state index is 5.56. The summed E-state index contributed by atoms with van der Waals surface area (Å²) in [6.07, 6.45) is 7.92. The third-order valence-electron chi connectivity index (χ3n) is 4.65. The molecule has 0 aromatic carbocycles. The first-order valence-corrected chi connectivity index (χ1v) is 7.86. The van der Waals surface area contributed by atoms with E-state index in [1.807, 2.05) is 0 Å². The molecule has 0 aromatic rings. The van der Waals surface area contributed by atoms with Gasteiger partial charge in [-0.15, -0.1) is 0 Å². The van der Waals surface area contributed by atoms with Crippen LogP contribution in [-0.2, 0) is 18.9 Å². The fraction of sp³-hybridized carbons (Fsp3) is 0.667. The number of rotatable bonds is 8. The van der Waals surface area contributed by atoms with E-state index < -0.39 is 0 Å². The Labute approximate surface area is 133 Å². The summed E-state index contributed by atoms with van der Waals surface area (Å²) in [7, 11) is 3.30. The van der Waals surface area contributed by atoms with Crippen molar-refractivity contribution in [1.29, 1.82) is 0 Å². The molecule has 0 aliphatic heterocycles. The predicted molar refractivity (Wildman–Crippen MR) is 86.5 cm³/mol. The molecule has 0 saturated carbocycles. The van der Waals surface area contributed by atoms with Crippen LogP contribution >= 0.6 is 0 Å². The van der Waals surface area contributed by atoms with Crippen LogP contribution < -0.4 is 0 Å². The standard InChI is InChI=1S/C18H28O4/c1-14(10-21-12-19-3)16-7-8-17-15(11-22-13-20-4)6-5-9-18(16,17)2/h6,8H,5,7,9-13H2,1-4H3/b16-14+. The smallest absolute Gasteiger partial charge is 0.146 e. The van der Waals surface area contributed by atoms with E-state index in [9.17, 15) is 0 Å². The Bertz CT molecular complexity index is 475. The molecule has 124 valence electrons. The third-order valence-corrected chi connectivity index (χ3v) is 4.65. The highest BCUT2D eigenvalue weighted by molar-refractivity contribution is 5.51. The van der Waals surface area contributed by atoms with E-state index in [0.29, 0.717) is 26.8 Å². The average molecular weight is 308 g/mol. The summed E-state index contributed by atoms with van der Waals surface area (Å²) in [6.45, 7) is 6.48. The Balaban J connectivity index is 2.09. The maximum Gasteiger partial charge on any atom is 0.146 e. The second kappa shape index (κ2) is 8.06. The zero-order valence-corrected chi connectivity index (χ0v) is 14.2. The Kier molecular flexibility index (Phi) is 6.38. The molecule has 0 spiro atoms. The number of hydrogen-bond donors (Lipinski definition) is 0. The summed E-state index contributed by atoms with van der Waals surface area (Å²) in [5.41, 5.74) is 5.68. The lowest BCUT2D eigenvalue weighted by molar-refractivity contribution is -0.0218. The molecule has 0 N–H and O–H groups in total. The number of allylic oxidation sites excluding steroid dienone is 3. The van der Waals surface area contributed by atoms with Gasteiger partial charge in [0, 0.05) is 19.6 Å². The number of ether oxygens (including phenoxy) is 4. The lowest BCUT2D eigenvalue weighted by Crippen LogP contribution is -2.25. The van der Waals surface area contributed by atoms with Crippen LogP contribution in [0, 0.1) is 5.41 Å². The average Bonchev–Trinajstić information content (AvgIpc) is 2.85. The second-order valence-electron chi connectivity index (χ2n) is 6.19. The minimum absolute atomic E-state index is 0.126. The molecule has 0 radical (unpaired) electrons. The van der Waals surface area contributed by atoms with Crippen LogP contribution in [0.1, 0.15) is 33.1 Å². The zero-order valence-electron chi connectivity index (χ0n) is 14.2. The second-order valence-corrected chi connectivity index (χ2v) is 6.19. The molecular weight excluding hydrogens is 280 g/mol. The van der Waals surface area contributed by atoms with Gasteiger partial charge in [0.15, 0.2) is 0 Å². The molecule has 1 atom stereocenters. The molecule has 4 nitrogen and oxygen atoms in total.